The molecule has 9 rings (SSSR count). The van der Waals surface area contributed by atoms with Crippen molar-refractivity contribution in [3.8, 4) is 56.4 Å². The molecule has 0 bridgehead atoms. The van der Waals surface area contributed by atoms with Crippen molar-refractivity contribution in [2.45, 2.75) is 0 Å². The van der Waals surface area contributed by atoms with Crippen LogP contribution in [0.5, 0.6) is 0 Å². The van der Waals surface area contributed by atoms with Crippen LogP contribution in [-0.2, 0) is 0 Å². The Hall–Kier alpha value is -6.39. The number of rotatable bonds is 5. The van der Waals surface area contributed by atoms with E-state index in [9.17, 15) is 0 Å². The van der Waals surface area contributed by atoms with Gasteiger partial charge >= 0.3 is 0 Å². The summed E-state index contributed by atoms with van der Waals surface area (Å²) in [6.07, 6.45) is 0. The lowest BCUT2D eigenvalue weighted by molar-refractivity contribution is 0.673. The van der Waals surface area contributed by atoms with E-state index in [1.165, 1.54) is 5.56 Å². The Balaban J connectivity index is 1.28. The Morgan fingerprint density at radius 2 is 0.851 bits per heavy atom. The first-order valence-electron chi connectivity index (χ1n) is 15.7. The summed E-state index contributed by atoms with van der Waals surface area (Å²) in [4.78, 5) is 15.2. The van der Waals surface area contributed by atoms with E-state index in [4.69, 9.17) is 19.4 Å². The van der Waals surface area contributed by atoms with Crippen molar-refractivity contribution in [1.82, 2.24) is 15.0 Å². The largest absolute Gasteiger partial charge is 0.455 e. The molecule has 0 aliphatic rings. The third-order valence-corrected chi connectivity index (χ3v) is 8.73. The molecular formula is C43H27N3O. The summed E-state index contributed by atoms with van der Waals surface area (Å²) in [5, 5.41) is 4.13. The van der Waals surface area contributed by atoms with Crippen LogP contribution in [0.3, 0.4) is 0 Å². The Labute approximate surface area is 271 Å². The molecule has 2 aromatic heterocycles. The van der Waals surface area contributed by atoms with Crippen LogP contribution in [-0.4, -0.2) is 15.0 Å². The molecule has 0 saturated carbocycles. The van der Waals surface area contributed by atoms with E-state index in [-0.39, 0.29) is 0 Å². The van der Waals surface area contributed by atoms with Gasteiger partial charge in [0.05, 0.1) is 0 Å². The van der Waals surface area contributed by atoms with E-state index in [0.29, 0.717) is 17.5 Å². The smallest absolute Gasteiger partial charge is 0.164 e. The van der Waals surface area contributed by atoms with E-state index in [1.807, 2.05) is 42.5 Å². The average molecular weight is 602 g/mol. The zero-order valence-electron chi connectivity index (χ0n) is 25.3. The van der Waals surface area contributed by atoms with Crippen LogP contribution in [0.4, 0.5) is 0 Å². The quantitative estimate of drug-likeness (QED) is 0.197. The topological polar surface area (TPSA) is 51.8 Å². The first-order chi connectivity index (χ1) is 23.3. The summed E-state index contributed by atoms with van der Waals surface area (Å²) < 4.78 is 6.70. The second-order valence-corrected chi connectivity index (χ2v) is 11.6. The number of hydrogen-bond donors (Lipinski definition) is 0. The van der Waals surface area contributed by atoms with Crippen LogP contribution in [0.15, 0.2) is 168 Å². The highest BCUT2D eigenvalue weighted by atomic mass is 16.3. The fourth-order valence-corrected chi connectivity index (χ4v) is 6.38. The Bertz CT molecular complexity index is 2540. The molecule has 9 aromatic rings. The first-order valence-corrected chi connectivity index (χ1v) is 15.7. The van der Waals surface area contributed by atoms with E-state index in [0.717, 1.165) is 66.1 Å². The third-order valence-electron chi connectivity index (χ3n) is 8.73. The molecule has 0 radical (unpaired) electrons. The van der Waals surface area contributed by atoms with Crippen LogP contribution in [0, 0.1) is 0 Å². The molecule has 0 saturated heterocycles. The van der Waals surface area contributed by atoms with Crippen molar-refractivity contribution in [3.05, 3.63) is 164 Å². The van der Waals surface area contributed by atoms with Crippen molar-refractivity contribution in [2.75, 3.05) is 0 Å². The van der Waals surface area contributed by atoms with Crippen LogP contribution < -0.4 is 0 Å². The summed E-state index contributed by atoms with van der Waals surface area (Å²) in [6, 6.07) is 56.3. The molecular weight excluding hydrogens is 574 g/mol. The summed E-state index contributed by atoms with van der Waals surface area (Å²) >= 11 is 0. The van der Waals surface area contributed by atoms with Crippen LogP contribution in [0.25, 0.3) is 89.1 Å². The zero-order valence-corrected chi connectivity index (χ0v) is 25.3. The van der Waals surface area contributed by atoms with Crippen molar-refractivity contribution in [3.63, 3.8) is 0 Å². The molecule has 0 amide bonds. The maximum absolute atomic E-state index is 6.70. The molecule has 4 nitrogen and oxygen atoms in total. The minimum atomic E-state index is 0.603. The van der Waals surface area contributed by atoms with Gasteiger partial charge in [-0.05, 0) is 45.8 Å². The number of benzene rings is 7. The minimum absolute atomic E-state index is 0.603. The molecule has 0 unspecified atom stereocenters. The lowest BCUT2D eigenvalue weighted by atomic mass is 9.98. The molecule has 4 heteroatoms. The molecule has 0 aliphatic heterocycles. The van der Waals surface area contributed by atoms with Crippen molar-refractivity contribution in [1.29, 1.82) is 0 Å². The van der Waals surface area contributed by atoms with E-state index >= 15 is 0 Å². The number of hydrogen-bond acceptors (Lipinski definition) is 4. The molecule has 0 aliphatic carbocycles. The minimum Gasteiger partial charge on any atom is -0.455 e. The number of fused-ring (bicyclic) bond motifs is 5. The van der Waals surface area contributed by atoms with Crippen molar-refractivity contribution >= 4 is 32.7 Å². The monoisotopic (exact) mass is 601 g/mol. The normalized spacial score (nSPS) is 11.4. The van der Waals surface area contributed by atoms with Gasteiger partial charge in [-0.1, -0.05) is 146 Å². The first kappa shape index (κ1) is 27.0. The standard InChI is InChI=1S/C43H27N3O/c1-4-12-28(13-5-1)30-20-22-32(23-21-30)42-44-41(31-16-8-3-9-17-31)45-43(46-42)37-26-34-18-10-11-19-35(34)40-39(37)36-25-24-33(27-38(36)47-40)29-14-6-2-7-15-29/h1-27H. The molecule has 7 aromatic carbocycles. The fraction of sp³-hybridized carbons (Fsp3) is 0. The predicted octanol–water partition coefficient (Wildman–Crippen LogP) is 11.3. The second-order valence-electron chi connectivity index (χ2n) is 11.6. The summed E-state index contributed by atoms with van der Waals surface area (Å²) in [5.41, 5.74) is 8.98. The predicted molar refractivity (Wildman–Crippen MR) is 192 cm³/mol. The molecule has 47 heavy (non-hydrogen) atoms. The van der Waals surface area contributed by atoms with E-state index < -0.39 is 0 Å². The van der Waals surface area contributed by atoms with Crippen LogP contribution >= 0.6 is 0 Å². The molecule has 0 N–H and O–H groups in total. The molecule has 0 fully saturated rings. The number of nitrogens with zero attached hydrogens (tertiary/aromatic N) is 3. The fourth-order valence-electron chi connectivity index (χ4n) is 6.38. The van der Waals surface area contributed by atoms with Gasteiger partial charge in [0.1, 0.15) is 11.2 Å². The summed E-state index contributed by atoms with van der Waals surface area (Å²) in [5.74, 6) is 1.85. The van der Waals surface area contributed by atoms with E-state index in [1.54, 1.807) is 0 Å². The highest BCUT2D eigenvalue weighted by molar-refractivity contribution is 6.21. The van der Waals surface area contributed by atoms with Gasteiger partial charge in [0, 0.05) is 32.8 Å². The SMILES string of the molecule is c1ccc(-c2ccc(-c3nc(-c4ccccc4)nc(-c4cc5ccccc5c5oc6cc(-c7ccccc7)ccc6c45)n3)cc2)cc1. The van der Waals surface area contributed by atoms with Gasteiger partial charge in [-0.3, -0.25) is 0 Å². The van der Waals surface area contributed by atoms with E-state index in [2.05, 4.69) is 121 Å². The van der Waals surface area contributed by atoms with Crippen LogP contribution in [0.1, 0.15) is 0 Å². The van der Waals surface area contributed by atoms with Crippen LogP contribution in [0.2, 0.25) is 0 Å². The van der Waals surface area contributed by atoms with Gasteiger partial charge in [-0.15, -0.1) is 0 Å². The second kappa shape index (κ2) is 11.2. The Morgan fingerprint density at radius 3 is 1.53 bits per heavy atom. The number of aromatic nitrogens is 3. The lowest BCUT2D eigenvalue weighted by Crippen LogP contribution is -2.00. The zero-order chi connectivity index (χ0) is 31.2. The summed E-state index contributed by atoms with van der Waals surface area (Å²) in [6.45, 7) is 0. The van der Waals surface area contributed by atoms with Gasteiger partial charge in [-0.2, -0.15) is 0 Å². The highest BCUT2D eigenvalue weighted by Gasteiger charge is 2.20. The molecule has 2 heterocycles. The molecule has 0 spiro atoms. The molecule has 0 atom stereocenters. The van der Waals surface area contributed by atoms with Gasteiger partial charge < -0.3 is 4.42 Å². The van der Waals surface area contributed by atoms with Gasteiger partial charge in [0.2, 0.25) is 0 Å². The maximum Gasteiger partial charge on any atom is 0.164 e. The average Bonchev–Trinajstić information content (AvgIpc) is 3.55. The Kier molecular flexibility index (Phi) is 6.43. The Morgan fingerprint density at radius 1 is 0.362 bits per heavy atom. The van der Waals surface area contributed by atoms with Crippen molar-refractivity contribution < 1.29 is 4.42 Å². The van der Waals surface area contributed by atoms with Gasteiger partial charge in [0.15, 0.2) is 17.5 Å². The summed E-state index contributed by atoms with van der Waals surface area (Å²) in [7, 11) is 0. The van der Waals surface area contributed by atoms with Crippen molar-refractivity contribution in [2.24, 2.45) is 0 Å². The highest BCUT2D eigenvalue weighted by Crippen LogP contribution is 2.42. The van der Waals surface area contributed by atoms with Gasteiger partial charge in [0.25, 0.3) is 0 Å². The van der Waals surface area contributed by atoms with Gasteiger partial charge in [-0.25, -0.2) is 15.0 Å². The molecule has 220 valence electrons. The maximum atomic E-state index is 6.70. The lowest BCUT2D eigenvalue weighted by Gasteiger charge is -2.11. The number of furan rings is 1. The third kappa shape index (κ3) is 4.84.